The van der Waals surface area contributed by atoms with Gasteiger partial charge in [0.2, 0.25) is 0 Å². The fourth-order valence-electron chi connectivity index (χ4n) is 1.54. The Morgan fingerprint density at radius 1 is 1.00 bits per heavy atom. The first-order valence-corrected chi connectivity index (χ1v) is 5.60. The number of benzene rings is 1. The van der Waals surface area contributed by atoms with E-state index in [9.17, 15) is 0 Å². The smallest absolute Gasteiger partial charge is 0.142 e. The first-order chi connectivity index (χ1) is 7.58. The summed E-state index contributed by atoms with van der Waals surface area (Å²) in [7, 11) is 0. The average molecular weight is 253 g/mol. The summed E-state index contributed by atoms with van der Waals surface area (Å²) in [6, 6.07) is 7.92. The van der Waals surface area contributed by atoms with Crippen LogP contribution in [0.4, 0.5) is 0 Å². The van der Waals surface area contributed by atoms with Gasteiger partial charge in [0.1, 0.15) is 16.1 Å². The topological polar surface area (TPSA) is 25.8 Å². The molecule has 0 aliphatic rings. The van der Waals surface area contributed by atoms with Crippen LogP contribution >= 0.6 is 23.2 Å². The highest BCUT2D eigenvalue weighted by atomic mass is 35.5. The molecular weight excluding hydrogens is 243 g/mol. The minimum Gasteiger partial charge on any atom is -0.221 e. The molecule has 1 aromatic carbocycles. The van der Waals surface area contributed by atoms with Crippen molar-refractivity contribution in [3.8, 4) is 11.1 Å². The van der Waals surface area contributed by atoms with E-state index < -0.39 is 0 Å². The van der Waals surface area contributed by atoms with Crippen LogP contribution in [-0.4, -0.2) is 9.97 Å². The lowest BCUT2D eigenvalue weighted by molar-refractivity contribution is 1.06. The second kappa shape index (κ2) is 4.40. The number of nitrogens with zero attached hydrogens (tertiary/aromatic N) is 2. The van der Waals surface area contributed by atoms with Crippen molar-refractivity contribution in [1.29, 1.82) is 0 Å². The van der Waals surface area contributed by atoms with Crippen molar-refractivity contribution in [3.05, 3.63) is 46.0 Å². The zero-order chi connectivity index (χ0) is 11.7. The van der Waals surface area contributed by atoms with Crippen LogP contribution < -0.4 is 0 Å². The molecule has 0 aliphatic carbocycles. The molecule has 2 nitrogen and oxygen atoms in total. The first kappa shape index (κ1) is 11.4. The first-order valence-electron chi connectivity index (χ1n) is 4.84. The van der Waals surface area contributed by atoms with Gasteiger partial charge in [-0.3, -0.25) is 0 Å². The second-order valence-electron chi connectivity index (χ2n) is 3.60. The van der Waals surface area contributed by atoms with E-state index in [0.717, 1.165) is 11.1 Å². The van der Waals surface area contributed by atoms with Gasteiger partial charge in [-0.15, -0.1) is 0 Å². The summed E-state index contributed by atoms with van der Waals surface area (Å²) in [6.07, 6.45) is 0. The summed E-state index contributed by atoms with van der Waals surface area (Å²) in [5.41, 5.74) is 2.78. The molecule has 2 aromatic rings. The molecule has 82 valence electrons. The fourth-order valence-corrected chi connectivity index (χ4v) is 2.24. The number of aromatic nitrogens is 2. The van der Waals surface area contributed by atoms with Gasteiger partial charge in [-0.2, -0.15) is 0 Å². The second-order valence-corrected chi connectivity index (χ2v) is 4.31. The summed E-state index contributed by atoms with van der Waals surface area (Å²) in [4.78, 5) is 8.22. The molecule has 0 atom stereocenters. The monoisotopic (exact) mass is 252 g/mol. The van der Waals surface area contributed by atoms with E-state index in [2.05, 4.69) is 9.97 Å². The largest absolute Gasteiger partial charge is 0.221 e. The third kappa shape index (κ3) is 2.18. The minimum absolute atomic E-state index is 0.392. The van der Waals surface area contributed by atoms with Crippen molar-refractivity contribution in [2.24, 2.45) is 0 Å². The highest BCUT2D eigenvalue weighted by Crippen LogP contribution is 2.32. The third-order valence-electron chi connectivity index (χ3n) is 2.24. The molecule has 0 saturated heterocycles. The molecule has 0 aliphatic heterocycles. The number of hydrogen-bond acceptors (Lipinski definition) is 2. The predicted molar refractivity (Wildman–Crippen MR) is 67.0 cm³/mol. The Bertz CT molecular complexity index is 515. The highest BCUT2D eigenvalue weighted by Gasteiger charge is 2.11. The van der Waals surface area contributed by atoms with Gasteiger partial charge in [0.25, 0.3) is 0 Å². The zero-order valence-corrected chi connectivity index (χ0v) is 10.5. The van der Waals surface area contributed by atoms with E-state index in [1.807, 2.05) is 31.2 Å². The Balaban J connectivity index is 2.64. The van der Waals surface area contributed by atoms with Crippen LogP contribution in [0.3, 0.4) is 0 Å². The predicted octanol–water partition coefficient (Wildman–Crippen LogP) is 4.07. The maximum Gasteiger partial charge on any atom is 0.142 e. The standard InChI is InChI=1S/C12H10Cl2N2/c1-7-4-3-5-9(6-7)10-11(13)15-8(2)16-12(10)14/h3-6H,1-2H3. The normalized spacial score (nSPS) is 10.5. The molecule has 0 amide bonds. The summed E-state index contributed by atoms with van der Waals surface area (Å²) in [6.45, 7) is 3.78. The Kier molecular flexibility index (Phi) is 3.13. The van der Waals surface area contributed by atoms with Crippen molar-refractivity contribution in [1.82, 2.24) is 9.97 Å². The van der Waals surface area contributed by atoms with Crippen LogP contribution in [0.2, 0.25) is 10.3 Å². The van der Waals surface area contributed by atoms with E-state index in [1.165, 1.54) is 0 Å². The Morgan fingerprint density at radius 2 is 1.62 bits per heavy atom. The van der Waals surface area contributed by atoms with Gasteiger partial charge >= 0.3 is 0 Å². The van der Waals surface area contributed by atoms with Crippen molar-refractivity contribution < 1.29 is 0 Å². The van der Waals surface area contributed by atoms with Crippen LogP contribution in [0.15, 0.2) is 24.3 Å². The molecule has 0 fully saturated rings. The molecule has 16 heavy (non-hydrogen) atoms. The van der Waals surface area contributed by atoms with Gasteiger partial charge in [0.15, 0.2) is 0 Å². The number of hydrogen-bond donors (Lipinski definition) is 0. The van der Waals surface area contributed by atoms with Gasteiger partial charge in [-0.25, -0.2) is 9.97 Å². The Labute approximate surface area is 104 Å². The van der Waals surface area contributed by atoms with E-state index in [-0.39, 0.29) is 0 Å². The molecule has 0 saturated carbocycles. The maximum absolute atomic E-state index is 6.09. The quantitative estimate of drug-likeness (QED) is 0.716. The summed E-state index contributed by atoms with van der Waals surface area (Å²) in [5, 5.41) is 0.784. The average Bonchev–Trinajstić information content (AvgIpc) is 2.15. The molecular formula is C12H10Cl2N2. The SMILES string of the molecule is Cc1cccc(-c2c(Cl)nc(C)nc2Cl)c1. The molecule has 1 aromatic heterocycles. The van der Waals surface area contributed by atoms with Crippen LogP contribution in [0.25, 0.3) is 11.1 Å². The third-order valence-corrected chi connectivity index (χ3v) is 2.79. The van der Waals surface area contributed by atoms with Crippen LogP contribution in [0.5, 0.6) is 0 Å². The zero-order valence-electron chi connectivity index (χ0n) is 8.96. The van der Waals surface area contributed by atoms with E-state index in [0.29, 0.717) is 21.7 Å². The van der Waals surface area contributed by atoms with Gasteiger partial charge in [0, 0.05) is 0 Å². The molecule has 4 heteroatoms. The number of rotatable bonds is 1. The minimum atomic E-state index is 0.392. The molecule has 0 bridgehead atoms. The molecule has 0 radical (unpaired) electrons. The number of halogens is 2. The van der Waals surface area contributed by atoms with Crippen molar-refractivity contribution in [3.63, 3.8) is 0 Å². The Hall–Kier alpha value is -1.12. The highest BCUT2D eigenvalue weighted by molar-refractivity contribution is 6.37. The number of aryl methyl sites for hydroxylation is 2. The summed E-state index contributed by atoms with van der Waals surface area (Å²) < 4.78 is 0. The molecule has 0 spiro atoms. The summed E-state index contributed by atoms with van der Waals surface area (Å²) >= 11 is 12.2. The lowest BCUT2D eigenvalue weighted by Gasteiger charge is -2.07. The molecule has 1 heterocycles. The lowest BCUT2D eigenvalue weighted by atomic mass is 10.1. The van der Waals surface area contributed by atoms with Crippen molar-refractivity contribution in [2.75, 3.05) is 0 Å². The van der Waals surface area contributed by atoms with Crippen LogP contribution in [0, 0.1) is 13.8 Å². The van der Waals surface area contributed by atoms with Crippen molar-refractivity contribution >= 4 is 23.2 Å². The van der Waals surface area contributed by atoms with Crippen LogP contribution in [-0.2, 0) is 0 Å². The van der Waals surface area contributed by atoms with Gasteiger partial charge in [-0.1, -0.05) is 53.0 Å². The van der Waals surface area contributed by atoms with E-state index in [4.69, 9.17) is 23.2 Å². The van der Waals surface area contributed by atoms with Gasteiger partial charge in [0.05, 0.1) is 5.56 Å². The van der Waals surface area contributed by atoms with Crippen LogP contribution in [0.1, 0.15) is 11.4 Å². The molecule has 0 N–H and O–H groups in total. The van der Waals surface area contributed by atoms with Gasteiger partial charge in [-0.05, 0) is 19.4 Å². The Morgan fingerprint density at radius 3 is 2.19 bits per heavy atom. The lowest BCUT2D eigenvalue weighted by Crippen LogP contribution is -1.93. The van der Waals surface area contributed by atoms with Gasteiger partial charge < -0.3 is 0 Å². The summed E-state index contributed by atoms with van der Waals surface area (Å²) in [5.74, 6) is 0.575. The molecule has 0 unspecified atom stereocenters. The van der Waals surface area contributed by atoms with E-state index in [1.54, 1.807) is 6.92 Å². The van der Waals surface area contributed by atoms with Crippen molar-refractivity contribution in [2.45, 2.75) is 13.8 Å². The van der Waals surface area contributed by atoms with E-state index >= 15 is 0 Å². The maximum atomic E-state index is 6.09. The fraction of sp³-hybridized carbons (Fsp3) is 0.167. The molecule has 2 rings (SSSR count).